The highest BCUT2D eigenvalue weighted by Crippen LogP contribution is 2.33. The van der Waals surface area contributed by atoms with E-state index in [-0.39, 0.29) is 18.4 Å². The van der Waals surface area contributed by atoms with Crippen LogP contribution in [-0.2, 0) is 20.7 Å². The summed E-state index contributed by atoms with van der Waals surface area (Å²) < 4.78 is 4.59. The van der Waals surface area contributed by atoms with Crippen LogP contribution in [0.25, 0.3) is 6.08 Å². The molecule has 28 heavy (non-hydrogen) atoms. The van der Waals surface area contributed by atoms with Crippen LogP contribution in [0.3, 0.4) is 0 Å². The molecule has 1 aliphatic carbocycles. The van der Waals surface area contributed by atoms with Crippen molar-refractivity contribution in [3.05, 3.63) is 40.4 Å². The number of likely N-dealkylation sites (tertiary alicyclic amines) is 1. The molecule has 2 aliphatic rings. The Morgan fingerprint density at radius 3 is 2.68 bits per heavy atom. The SMILES string of the molecule is COC(=O)C=Cc1ccc(CC2CCN(C3CCC(CO)CC3)C2=O)c(Cl)c1. The molecule has 1 saturated heterocycles. The number of hydrogen-bond donors (Lipinski definition) is 1. The number of aliphatic hydroxyl groups excluding tert-OH is 1. The Labute approximate surface area is 171 Å². The maximum atomic E-state index is 12.9. The van der Waals surface area contributed by atoms with E-state index in [9.17, 15) is 14.7 Å². The van der Waals surface area contributed by atoms with Crippen LogP contribution in [-0.4, -0.2) is 48.2 Å². The third-order valence-corrected chi connectivity index (χ3v) is 6.37. The minimum atomic E-state index is -0.412. The summed E-state index contributed by atoms with van der Waals surface area (Å²) in [4.78, 5) is 26.2. The zero-order valence-electron chi connectivity index (χ0n) is 16.3. The molecular weight excluding hydrogens is 378 g/mol. The molecule has 1 unspecified atom stereocenters. The fourth-order valence-corrected chi connectivity index (χ4v) is 4.55. The van der Waals surface area contributed by atoms with Gasteiger partial charge in [0.2, 0.25) is 5.91 Å². The van der Waals surface area contributed by atoms with E-state index < -0.39 is 5.97 Å². The van der Waals surface area contributed by atoms with Gasteiger partial charge in [-0.1, -0.05) is 23.7 Å². The highest BCUT2D eigenvalue weighted by atomic mass is 35.5. The Kier molecular flexibility index (Phi) is 7.13. The second kappa shape index (κ2) is 9.57. The fraction of sp³-hybridized carbons (Fsp3) is 0.545. The first-order chi connectivity index (χ1) is 13.5. The summed E-state index contributed by atoms with van der Waals surface area (Å²) in [6.45, 7) is 1.07. The Morgan fingerprint density at radius 1 is 1.29 bits per heavy atom. The van der Waals surface area contributed by atoms with Gasteiger partial charge >= 0.3 is 5.97 Å². The summed E-state index contributed by atoms with van der Waals surface area (Å²) in [5.41, 5.74) is 1.78. The Balaban J connectivity index is 1.59. The molecule has 2 fully saturated rings. The second-order valence-corrected chi connectivity index (χ2v) is 8.19. The molecule has 0 spiro atoms. The van der Waals surface area contributed by atoms with Crippen molar-refractivity contribution in [3.8, 4) is 0 Å². The first-order valence-corrected chi connectivity index (χ1v) is 10.4. The lowest BCUT2D eigenvalue weighted by molar-refractivity contribution is -0.135. The standard InChI is InChI=1S/C22H28ClNO4/c1-28-21(26)9-5-15-2-6-17(20(23)12-15)13-18-10-11-24(22(18)27)19-7-3-16(14-25)4-8-19/h2,5-6,9,12,16,18-19,25H,3-4,7-8,10-11,13-14H2,1H3. The van der Waals surface area contributed by atoms with Crippen molar-refractivity contribution in [2.24, 2.45) is 11.8 Å². The second-order valence-electron chi connectivity index (χ2n) is 7.79. The van der Waals surface area contributed by atoms with E-state index >= 15 is 0 Å². The van der Waals surface area contributed by atoms with Gasteiger partial charge in [0.15, 0.2) is 0 Å². The Bertz CT molecular complexity index is 740. The molecule has 0 radical (unpaired) electrons. The van der Waals surface area contributed by atoms with E-state index in [2.05, 4.69) is 9.64 Å². The van der Waals surface area contributed by atoms with E-state index in [1.807, 2.05) is 18.2 Å². The number of methoxy groups -OCH3 is 1. The number of benzene rings is 1. The molecular formula is C22H28ClNO4. The monoisotopic (exact) mass is 405 g/mol. The molecule has 152 valence electrons. The zero-order valence-corrected chi connectivity index (χ0v) is 17.0. The van der Waals surface area contributed by atoms with Crippen LogP contribution in [0, 0.1) is 11.8 Å². The number of esters is 1. The molecule has 1 atom stereocenters. The molecule has 1 aromatic carbocycles. The van der Waals surface area contributed by atoms with Crippen LogP contribution in [0.15, 0.2) is 24.3 Å². The van der Waals surface area contributed by atoms with Crippen molar-refractivity contribution in [1.82, 2.24) is 4.90 Å². The van der Waals surface area contributed by atoms with Crippen LogP contribution in [0.4, 0.5) is 0 Å². The van der Waals surface area contributed by atoms with E-state index in [0.717, 1.165) is 49.8 Å². The summed E-state index contributed by atoms with van der Waals surface area (Å²) in [7, 11) is 1.34. The van der Waals surface area contributed by atoms with Crippen LogP contribution in [0.2, 0.25) is 5.02 Å². The molecule has 0 aromatic heterocycles. The first kappa shape index (κ1) is 20.9. The summed E-state index contributed by atoms with van der Waals surface area (Å²) in [6.07, 6.45) is 8.50. The topological polar surface area (TPSA) is 66.8 Å². The number of carbonyl (C=O) groups is 2. The average Bonchev–Trinajstić information content (AvgIpc) is 3.08. The molecule has 0 bridgehead atoms. The highest BCUT2D eigenvalue weighted by molar-refractivity contribution is 6.31. The normalized spacial score (nSPS) is 25.5. The number of amides is 1. The molecule has 5 nitrogen and oxygen atoms in total. The van der Waals surface area contributed by atoms with Gasteiger partial charge in [0.25, 0.3) is 0 Å². The lowest BCUT2D eigenvalue weighted by atomic mass is 9.86. The average molecular weight is 406 g/mol. The smallest absolute Gasteiger partial charge is 0.330 e. The number of halogens is 1. The highest BCUT2D eigenvalue weighted by Gasteiger charge is 2.37. The van der Waals surface area contributed by atoms with E-state index in [4.69, 9.17) is 11.6 Å². The molecule has 6 heteroatoms. The van der Waals surface area contributed by atoms with Gasteiger partial charge in [0, 0.05) is 36.2 Å². The van der Waals surface area contributed by atoms with Gasteiger partial charge in [0.05, 0.1) is 7.11 Å². The van der Waals surface area contributed by atoms with Crippen LogP contribution in [0.1, 0.15) is 43.2 Å². The predicted molar refractivity (Wildman–Crippen MR) is 109 cm³/mol. The van der Waals surface area contributed by atoms with Gasteiger partial charge in [-0.15, -0.1) is 0 Å². The van der Waals surface area contributed by atoms with Crippen molar-refractivity contribution >= 4 is 29.6 Å². The van der Waals surface area contributed by atoms with Crippen LogP contribution in [0.5, 0.6) is 0 Å². The number of hydrogen-bond acceptors (Lipinski definition) is 4. The maximum absolute atomic E-state index is 12.9. The number of carbonyl (C=O) groups excluding carboxylic acids is 2. The molecule has 1 aliphatic heterocycles. The van der Waals surface area contributed by atoms with Gasteiger partial charge in [0.1, 0.15) is 0 Å². The molecule has 1 N–H and O–H groups in total. The van der Waals surface area contributed by atoms with Gasteiger partial charge < -0.3 is 14.7 Å². The van der Waals surface area contributed by atoms with Crippen LogP contribution < -0.4 is 0 Å². The number of rotatable bonds is 6. The van der Waals surface area contributed by atoms with E-state index in [1.165, 1.54) is 13.2 Å². The molecule has 3 rings (SSSR count). The van der Waals surface area contributed by atoms with Gasteiger partial charge in [-0.25, -0.2) is 4.79 Å². The Hall–Kier alpha value is -1.85. The Morgan fingerprint density at radius 2 is 2.04 bits per heavy atom. The third-order valence-electron chi connectivity index (χ3n) is 6.02. The largest absolute Gasteiger partial charge is 0.466 e. The lowest BCUT2D eigenvalue weighted by Crippen LogP contribution is -2.40. The van der Waals surface area contributed by atoms with Gasteiger partial charge in [-0.3, -0.25) is 4.79 Å². The first-order valence-electron chi connectivity index (χ1n) is 9.97. The summed E-state index contributed by atoms with van der Waals surface area (Å²) >= 11 is 6.42. The number of nitrogens with zero attached hydrogens (tertiary/aromatic N) is 1. The molecule has 1 aromatic rings. The summed E-state index contributed by atoms with van der Waals surface area (Å²) in [6, 6.07) is 5.96. The minimum absolute atomic E-state index is 0.0236. The molecule has 1 heterocycles. The summed E-state index contributed by atoms with van der Waals surface area (Å²) in [5, 5.41) is 9.91. The van der Waals surface area contributed by atoms with Gasteiger partial charge in [-0.05, 0) is 67.7 Å². The lowest BCUT2D eigenvalue weighted by Gasteiger charge is -2.34. The van der Waals surface area contributed by atoms with Crippen molar-refractivity contribution in [2.45, 2.75) is 44.6 Å². The van der Waals surface area contributed by atoms with Crippen molar-refractivity contribution < 1.29 is 19.4 Å². The predicted octanol–water partition coefficient (Wildman–Crippen LogP) is 3.47. The van der Waals surface area contributed by atoms with E-state index in [0.29, 0.717) is 23.4 Å². The number of ether oxygens (including phenoxy) is 1. The minimum Gasteiger partial charge on any atom is -0.466 e. The van der Waals surface area contributed by atoms with E-state index in [1.54, 1.807) is 6.08 Å². The van der Waals surface area contributed by atoms with Crippen molar-refractivity contribution in [1.29, 1.82) is 0 Å². The third kappa shape index (κ3) is 4.95. The maximum Gasteiger partial charge on any atom is 0.330 e. The zero-order chi connectivity index (χ0) is 20.1. The van der Waals surface area contributed by atoms with Crippen molar-refractivity contribution in [2.75, 3.05) is 20.3 Å². The molecule has 1 saturated carbocycles. The molecule has 1 amide bonds. The van der Waals surface area contributed by atoms with Crippen LogP contribution >= 0.6 is 11.6 Å². The van der Waals surface area contributed by atoms with Crippen molar-refractivity contribution in [3.63, 3.8) is 0 Å². The van der Waals surface area contributed by atoms with Gasteiger partial charge in [-0.2, -0.15) is 0 Å². The summed E-state index contributed by atoms with van der Waals surface area (Å²) in [5.74, 6) is 0.197. The quantitative estimate of drug-likeness (QED) is 0.581. The fourth-order valence-electron chi connectivity index (χ4n) is 4.28. The number of aliphatic hydroxyl groups is 1.